The van der Waals surface area contributed by atoms with Gasteiger partial charge >= 0.3 is 0 Å². The van der Waals surface area contributed by atoms with Crippen LogP contribution in [0.3, 0.4) is 0 Å². The normalized spacial score (nSPS) is 14.8. The van der Waals surface area contributed by atoms with Gasteiger partial charge < -0.3 is 10.6 Å². The summed E-state index contributed by atoms with van der Waals surface area (Å²) in [6.45, 7) is 2.05. The average Bonchev–Trinajstić information content (AvgIpc) is 2.65. The Morgan fingerprint density at radius 3 is 2.80 bits per heavy atom. The lowest BCUT2D eigenvalue weighted by Gasteiger charge is -2.25. The van der Waals surface area contributed by atoms with Gasteiger partial charge in [0.25, 0.3) is 0 Å². The SMILES string of the molecule is Nc1ccc(CN2CCCCc3ccccc32)c(Br)c1. The fourth-order valence-electron chi connectivity index (χ4n) is 2.83. The van der Waals surface area contributed by atoms with Gasteiger partial charge in [-0.25, -0.2) is 0 Å². The van der Waals surface area contributed by atoms with Crippen LogP contribution in [-0.2, 0) is 13.0 Å². The first-order chi connectivity index (χ1) is 9.74. The molecule has 1 aliphatic rings. The molecule has 0 saturated heterocycles. The average molecular weight is 331 g/mol. The third-order valence-corrected chi connectivity index (χ3v) is 4.63. The van der Waals surface area contributed by atoms with Crippen LogP contribution in [0.4, 0.5) is 11.4 Å². The zero-order valence-electron chi connectivity index (χ0n) is 11.5. The molecule has 3 rings (SSSR count). The molecule has 0 radical (unpaired) electrons. The number of aryl methyl sites for hydroxylation is 1. The highest BCUT2D eigenvalue weighted by Crippen LogP contribution is 2.29. The van der Waals surface area contributed by atoms with Crippen molar-refractivity contribution in [1.29, 1.82) is 0 Å². The zero-order valence-corrected chi connectivity index (χ0v) is 13.1. The van der Waals surface area contributed by atoms with Crippen LogP contribution in [0.25, 0.3) is 0 Å². The lowest BCUT2D eigenvalue weighted by Crippen LogP contribution is -2.23. The Morgan fingerprint density at radius 2 is 1.95 bits per heavy atom. The van der Waals surface area contributed by atoms with Crippen molar-refractivity contribution in [2.45, 2.75) is 25.8 Å². The van der Waals surface area contributed by atoms with Crippen LogP contribution in [0.5, 0.6) is 0 Å². The number of para-hydroxylation sites is 1. The second kappa shape index (κ2) is 5.88. The van der Waals surface area contributed by atoms with E-state index in [2.05, 4.69) is 51.2 Å². The Labute approximate surface area is 128 Å². The molecule has 2 N–H and O–H groups in total. The second-order valence-corrected chi connectivity index (χ2v) is 6.21. The van der Waals surface area contributed by atoms with Crippen LogP contribution in [0.1, 0.15) is 24.0 Å². The molecule has 0 amide bonds. The van der Waals surface area contributed by atoms with Crippen LogP contribution in [0.15, 0.2) is 46.9 Å². The lowest BCUT2D eigenvalue weighted by molar-refractivity contribution is 0.714. The molecule has 0 bridgehead atoms. The summed E-state index contributed by atoms with van der Waals surface area (Å²) in [5, 5.41) is 0. The molecular formula is C17H19BrN2. The van der Waals surface area contributed by atoms with Crippen molar-refractivity contribution >= 4 is 27.3 Å². The summed E-state index contributed by atoms with van der Waals surface area (Å²) in [6, 6.07) is 14.9. The van der Waals surface area contributed by atoms with E-state index >= 15 is 0 Å². The molecule has 1 aliphatic heterocycles. The molecule has 1 heterocycles. The Hall–Kier alpha value is -1.48. The molecule has 104 valence electrons. The molecule has 20 heavy (non-hydrogen) atoms. The van der Waals surface area contributed by atoms with Gasteiger partial charge in [-0.15, -0.1) is 0 Å². The van der Waals surface area contributed by atoms with Crippen molar-refractivity contribution in [2.75, 3.05) is 17.2 Å². The molecule has 0 aromatic heterocycles. The zero-order chi connectivity index (χ0) is 13.9. The van der Waals surface area contributed by atoms with E-state index in [9.17, 15) is 0 Å². The minimum atomic E-state index is 0.803. The highest BCUT2D eigenvalue weighted by atomic mass is 79.9. The molecule has 2 aromatic rings. The summed E-state index contributed by atoms with van der Waals surface area (Å²) in [6.07, 6.45) is 3.72. The van der Waals surface area contributed by atoms with E-state index in [-0.39, 0.29) is 0 Å². The quantitative estimate of drug-likeness (QED) is 0.828. The van der Waals surface area contributed by atoms with E-state index in [1.165, 1.54) is 36.1 Å². The van der Waals surface area contributed by atoms with E-state index in [0.717, 1.165) is 23.2 Å². The topological polar surface area (TPSA) is 29.3 Å². The van der Waals surface area contributed by atoms with Crippen molar-refractivity contribution in [1.82, 2.24) is 0 Å². The number of rotatable bonds is 2. The number of nitrogen functional groups attached to an aromatic ring is 1. The van der Waals surface area contributed by atoms with E-state index in [1.807, 2.05) is 12.1 Å². The summed E-state index contributed by atoms with van der Waals surface area (Å²) >= 11 is 3.63. The van der Waals surface area contributed by atoms with Crippen LogP contribution in [-0.4, -0.2) is 6.54 Å². The number of halogens is 1. The molecule has 0 aliphatic carbocycles. The molecule has 2 nitrogen and oxygen atoms in total. The van der Waals surface area contributed by atoms with Gasteiger partial charge in [0.2, 0.25) is 0 Å². The maximum absolute atomic E-state index is 5.82. The fourth-order valence-corrected chi connectivity index (χ4v) is 3.35. The predicted molar refractivity (Wildman–Crippen MR) is 89.0 cm³/mol. The summed E-state index contributed by atoms with van der Waals surface area (Å²) in [5.74, 6) is 0. The Balaban J connectivity index is 1.90. The summed E-state index contributed by atoms with van der Waals surface area (Å²) in [7, 11) is 0. The molecule has 0 unspecified atom stereocenters. The van der Waals surface area contributed by atoms with Gasteiger partial charge in [-0.2, -0.15) is 0 Å². The Bertz CT molecular complexity index is 610. The first-order valence-corrected chi connectivity index (χ1v) is 7.90. The molecule has 3 heteroatoms. The molecule has 0 fully saturated rings. The number of fused-ring (bicyclic) bond motifs is 1. The maximum atomic E-state index is 5.82. The van der Waals surface area contributed by atoms with Crippen LogP contribution in [0, 0.1) is 0 Å². The van der Waals surface area contributed by atoms with Crippen molar-refractivity contribution in [3.8, 4) is 0 Å². The third-order valence-electron chi connectivity index (χ3n) is 3.89. The van der Waals surface area contributed by atoms with E-state index in [1.54, 1.807) is 0 Å². The lowest BCUT2D eigenvalue weighted by atomic mass is 10.1. The number of benzene rings is 2. The van der Waals surface area contributed by atoms with Crippen LogP contribution >= 0.6 is 15.9 Å². The standard InChI is InChI=1S/C17H19BrN2/c18-16-11-15(19)9-8-14(16)12-20-10-4-3-6-13-5-1-2-7-17(13)20/h1-2,5,7-9,11H,3-4,6,10,12,19H2. The van der Waals surface area contributed by atoms with E-state index in [4.69, 9.17) is 5.73 Å². The maximum Gasteiger partial charge on any atom is 0.0440 e. The summed E-state index contributed by atoms with van der Waals surface area (Å²) in [4.78, 5) is 2.48. The Kier molecular flexibility index (Phi) is 3.97. The predicted octanol–water partition coefficient (Wildman–Crippen LogP) is 4.37. The molecular weight excluding hydrogens is 312 g/mol. The number of anilines is 2. The van der Waals surface area contributed by atoms with Gasteiger partial charge in [-0.1, -0.05) is 40.2 Å². The largest absolute Gasteiger partial charge is 0.399 e. The molecule has 2 aromatic carbocycles. The molecule has 0 saturated carbocycles. The smallest absolute Gasteiger partial charge is 0.0440 e. The van der Waals surface area contributed by atoms with Gasteiger partial charge in [0.15, 0.2) is 0 Å². The first-order valence-electron chi connectivity index (χ1n) is 7.11. The minimum Gasteiger partial charge on any atom is -0.399 e. The van der Waals surface area contributed by atoms with Gasteiger partial charge in [0, 0.05) is 28.9 Å². The minimum absolute atomic E-state index is 0.803. The van der Waals surface area contributed by atoms with E-state index < -0.39 is 0 Å². The van der Waals surface area contributed by atoms with Gasteiger partial charge in [-0.05, 0) is 48.6 Å². The monoisotopic (exact) mass is 330 g/mol. The fraction of sp³-hybridized carbons (Fsp3) is 0.294. The number of hydrogen-bond donors (Lipinski definition) is 1. The highest BCUT2D eigenvalue weighted by Gasteiger charge is 2.15. The van der Waals surface area contributed by atoms with Gasteiger partial charge in [0.1, 0.15) is 0 Å². The Morgan fingerprint density at radius 1 is 1.10 bits per heavy atom. The molecule has 0 spiro atoms. The van der Waals surface area contributed by atoms with Gasteiger partial charge in [-0.3, -0.25) is 0 Å². The van der Waals surface area contributed by atoms with Crippen molar-refractivity contribution in [2.24, 2.45) is 0 Å². The molecule has 0 atom stereocenters. The third kappa shape index (κ3) is 2.83. The van der Waals surface area contributed by atoms with Gasteiger partial charge in [0.05, 0.1) is 0 Å². The highest BCUT2D eigenvalue weighted by molar-refractivity contribution is 9.10. The number of nitrogens with two attached hydrogens (primary N) is 1. The van der Waals surface area contributed by atoms with Crippen LogP contribution in [0.2, 0.25) is 0 Å². The van der Waals surface area contributed by atoms with Crippen molar-refractivity contribution < 1.29 is 0 Å². The summed E-state index contributed by atoms with van der Waals surface area (Å²) < 4.78 is 1.10. The first kappa shape index (κ1) is 13.5. The number of nitrogens with zero attached hydrogens (tertiary/aromatic N) is 1. The van der Waals surface area contributed by atoms with Crippen LogP contribution < -0.4 is 10.6 Å². The number of hydrogen-bond acceptors (Lipinski definition) is 2. The van der Waals surface area contributed by atoms with Crippen molar-refractivity contribution in [3.05, 3.63) is 58.1 Å². The summed E-state index contributed by atoms with van der Waals surface area (Å²) in [5.41, 5.74) is 10.8. The van der Waals surface area contributed by atoms with E-state index in [0.29, 0.717) is 0 Å². The van der Waals surface area contributed by atoms with Crippen molar-refractivity contribution in [3.63, 3.8) is 0 Å². The second-order valence-electron chi connectivity index (χ2n) is 5.36.